The summed E-state index contributed by atoms with van der Waals surface area (Å²) in [5.74, 6) is -0.770. The number of aliphatic hydroxyl groups excluding tert-OH is 2. The van der Waals surface area contributed by atoms with E-state index in [-0.39, 0.29) is 12.4 Å². The quantitative estimate of drug-likeness (QED) is 0.749. The Bertz CT molecular complexity index is 628. The molecule has 0 aliphatic rings. The molecule has 0 saturated carbocycles. The zero-order chi connectivity index (χ0) is 16.1. The molecule has 1 amide bonds. The topological polar surface area (TPSA) is 92.8 Å². The van der Waals surface area contributed by atoms with Crippen molar-refractivity contribution in [3.05, 3.63) is 65.5 Å². The van der Waals surface area contributed by atoms with Gasteiger partial charge in [0.25, 0.3) is 0 Å². The lowest BCUT2D eigenvalue weighted by Gasteiger charge is -2.15. The molecule has 2 rings (SSSR count). The first-order chi connectivity index (χ1) is 10.5. The lowest BCUT2D eigenvalue weighted by molar-refractivity contribution is -0.131. The standard InChI is InChI=1S/C16H16FNO4/c17-12-5-1-10(2-6-12)9-22-13-7-3-11(4-8-13)14(19)15(20)16(18)21/h1-8,14-15,19-20H,9H2,(H2,18,21). The fraction of sp³-hybridized carbons (Fsp3) is 0.188. The van der Waals surface area contributed by atoms with Gasteiger partial charge in [0.15, 0.2) is 6.10 Å². The minimum Gasteiger partial charge on any atom is -0.489 e. The molecule has 2 unspecified atom stereocenters. The van der Waals surface area contributed by atoms with E-state index in [1.807, 2.05) is 0 Å². The predicted octanol–water partition coefficient (Wildman–Crippen LogP) is 1.28. The third-order valence-electron chi connectivity index (χ3n) is 3.13. The van der Waals surface area contributed by atoms with Crippen molar-refractivity contribution in [3.63, 3.8) is 0 Å². The van der Waals surface area contributed by atoms with Crippen LogP contribution in [0.1, 0.15) is 17.2 Å². The number of primary amides is 1. The first-order valence-electron chi connectivity index (χ1n) is 6.60. The van der Waals surface area contributed by atoms with Crippen LogP contribution in [0.25, 0.3) is 0 Å². The molecule has 0 fully saturated rings. The van der Waals surface area contributed by atoms with Gasteiger partial charge in [0, 0.05) is 0 Å². The Morgan fingerprint density at radius 1 is 1.09 bits per heavy atom. The number of nitrogens with two attached hydrogens (primary N) is 1. The molecule has 0 aromatic heterocycles. The molecule has 116 valence electrons. The Hall–Kier alpha value is -2.44. The molecular formula is C16H16FNO4. The summed E-state index contributed by atoms with van der Waals surface area (Å²) in [4.78, 5) is 10.8. The first kappa shape index (κ1) is 15.9. The summed E-state index contributed by atoms with van der Waals surface area (Å²) in [5.41, 5.74) is 6.09. The Morgan fingerprint density at radius 3 is 2.23 bits per heavy atom. The Kier molecular flexibility index (Phi) is 5.08. The largest absolute Gasteiger partial charge is 0.489 e. The van der Waals surface area contributed by atoms with Gasteiger partial charge in [-0.2, -0.15) is 0 Å². The van der Waals surface area contributed by atoms with Gasteiger partial charge in [-0.05, 0) is 35.4 Å². The number of ether oxygens (including phenoxy) is 1. The van der Waals surface area contributed by atoms with E-state index in [0.717, 1.165) is 5.56 Å². The van der Waals surface area contributed by atoms with E-state index in [2.05, 4.69) is 0 Å². The second-order valence-electron chi connectivity index (χ2n) is 4.78. The smallest absolute Gasteiger partial charge is 0.249 e. The molecule has 0 radical (unpaired) electrons. The molecule has 2 aromatic carbocycles. The van der Waals surface area contributed by atoms with Crippen LogP contribution in [0.3, 0.4) is 0 Å². The molecular weight excluding hydrogens is 289 g/mol. The van der Waals surface area contributed by atoms with Gasteiger partial charge in [0.1, 0.15) is 24.3 Å². The van der Waals surface area contributed by atoms with Crippen LogP contribution in [0.15, 0.2) is 48.5 Å². The summed E-state index contributed by atoms with van der Waals surface area (Å²) in [6.45, 7) is 0.270. The third-order valence-corrected chi connectivity index (χ3v) is 3.13. The second kappa shape index (κ2) is 7.02. The van der Waals surface area contributed by atoms with Crippen LogP contribution in [-0.4, -0.2) is 22.2 Å². The highest BCUT2D eigenvalue weighted by Crippen LogP contribution is 2.21. The van der Waals surface area contributed by atoms with E-state index >= 15 is 0 Å². The Balaban J connectivity index is 1.97. The number of hydrogen-bond donors (Lipinski definition) is 3. The van der Waals surface area contributed by atoms with Gasteiger partial charge >= 0.3 is 0 Å². The Morgan fingerprint density at radius 2 is 1.68 bits per heavy atom. The number of halogens is 1. The van der Waals surface area contributed by atoms with Crippen molar-refractivity contribution in [2.24, 2.45) is 5.73 Å². The van der Waals surface area contributed by atoms with Crippen molar-refractivity contribution in [2.45, 2.75) is 18.8 Å². The van der Waals surface area contributed by atoms with Gasteiger partial charge in [-0.15, -0.1) is 0 Å². The highest BCUT2D eigenvalue weighted by atomic mass is 19.1. The second-order valence-corrected chi connectivity index (χ2v) is 4.78. The van der Waals surface area contributed by atoms with E-state index in [9.17, 15) is 19.4 Å². The highest BCUT2D eigenvalue weighted by molar-refractivity contribution is 5.79. The molecule has 2 atom stereocenters. The third kappa shape index (κ3) is 4.03. The summed E-state index contributed by atoms with van der Waals surface area (Å²) >= 11 is 0. The maximum Gasteiger partial charge on any atom is 0.249 e. The van der Waals surface area contributed by atoms with Gasteiger partial charge in [-0.1, -0.05) is 24.3 Å². The van der Waals surface area contributed by atoms with Gasteiger partial charge in [0.2, 0.25) is 5.91 Å². The number of hydrogen-bond acceptors (Lipinski definition) is 4. The maximum atomic E-state index is 12.8. The molecule has 5 nitrogen and oxygen atoms in total. The monoisotopic (exact) mass is 305 g/mol. The summed E-state index contributed by atoms with van der Waals surface area (Å²) < 4.78 is 18.3. The molecule has 4 N–H and O–H groups in total. The molecule has 6 heteroatoms. The van der Waals surface area contributed by atoms with E-state index in [0.29, 0.717) is 11.3 Å². The van der Waals surface area contributed by atoms with Crippen molar-refractivity contribution in [3.8, 4) is 5.75 Å². The van der Waals surface area contributed by atoms with E-state index in [4.69, 9.17) is 10.5 Å². The molecule has 0 aliphatic carbocycles. The van der Waals surface area contributed by atoms with Crippen molar-refractivity contribution in [1.29, 1.82) is 0 Å². The van der Waals surface area contributed by atoms with Crippen LogP contribution in [0.4, 0.5) is 4.39 Å². The van der Waals surface area contributed by atoms with Crippen molar-refractivity contribution in [2.75, 3.05) is 0 Å². The van der Waals surface area contributed by atoms with Crippen LogP contribution in [-0.2, 0) is 11.4 Å². The molecule has 0 saturated heterocycles. The first-order valence-corrected chi connectivity index (χ1v) is 6.60. The van der Waals surface area contributed by atoms with E-state index < -0.39 is 18.1 Å². The predicted molar refractivity (Wildman–Crippen MR) is 77.3 cm³/mol. The molecule has 22 heavy (non-hydrogen) atoms. The summed E-state index contributed by atoms with van der Waals surface area (Å²) in [6.07, 6.45) is -3.05. The van der Waals surface area contributed by atoms with Gasteiger partial charge in [-0.3, -0.25) is 4.79 Å². The summed E-state index contributed by atoms with van der Waals surface area (Å²) in [7, 11) is 0. The minimum atomic E-state index is -1.66. The molecule has 2 aromatic rings. The van der Waals surface area contributed by atoms with Gasteiger partial charge < -0.3 is 20.7 Å². The van der Waals surface area contributed by atoms with Crippen LogP contribution in [0.2, 0.25) is 0 Å². The van der Waals surface area contributed by atoms with Gasteiger partial charge in [0.05, 0.1) is 0 Å². The molecule has 0 heterocycles. The number of rotatable bonds is 6. The van der Waals surface area contributed by atoms with Crippen molar-refractivity contribution >= 4 is 5.91 Å². The van der Waals surface area contributed by atoms with Crippen LogP contribution >= 0.6 is 0 Å². The number of carbonyl (C=O) groups is 1. The van der Waals surface area contributed by atoms with Crippen LogP contribution in [0.5, 0.6) is 5.75 Å². The summed E-state index contributed by atoms with van der Waals surface area (Å²) in [5, 5.41) is 19.2. The van der Waals surface area contributed by atoms with Crippen LogP contribution in [0, 0.1) is 5.82 Å². The SMILES string of the molecule is NC(=O)C(O)C(O)c1ccc(OCc2ccc(F)cc2)cc1. The fourth-order valence-corrected chi connectivity index (χ4v) is 1.85. The number of aliphatic hydroxyl groups is 2. The lowest BCUT2D eigenvalue weighted by atomic mass is 10.0. The zero-order valence-electron chi connectivity index (χ0n) is 11.6. The minimum absolute atomic E-state index is 0.270. The molecule has 0 aliphatic heterocycles. The van der Waals surface area contributed by atoms with Crippen molar-refractivity contribution < 1.29 is 24.1 Å². The lowest BCUT2D eigenvalue weighted by Crippen LogP contribution is -2.33. The average Bonchev–Trinajstić information content (AvgIpc) is 2.53. The number of carbonyl (C=O) groups excluding carboxylic acids is 1. The maximum absolute atomic E-state index is 12.8. The average molecular weight is 305 g/mol. The normalized spacial score (nSPS) is 13.4. The van der Waals surface area contributed by atoms with Gasteiger partial charge in [-0.25, -0.2) is 4.39 Å². The summed E-state index contributed by atoms with van der Waals surface area (Å²) in [6, 6.07) is 12.2. The van der Waals surface area contributed by atoms with E-state index in [1.165, 1.54) is 24.3 Å². The molecule has 0 spiro atoms. The fourth-order valence-electron chi connectivity index (χ4n) is 1.85. The highest BCUT2D eigenvalue weighted by Gasteiger charge is 2.23. The Labute approximate surface area is 126 Å². The van der Waals surface area contributed by atoms with Crippen LogP contribution < -0.4 is 10.5 Å². The van der Waals surface area contributed by atoms with Crippen molar-refractivity contribution in [1.82, 2.24) is 0 Å². The number of amides is 1. The van der Waals surface area contributed by atoms with E-state index in [1.54, 1.807) is 24.3 Å². The number of benzene rings is 2. The molecule has 0 bridgehead atoms. The zero-order valence-corrected chi connectivity index (χ0v) is 11.6.